The number of hydrogen-bond donors (Lipinski definition) is 1. The van der Waals surface area contributed by atoms with Crippen LogP contribution in [0.3, 0.4) is 0 Å². The van der Waals surface area contributed by atoms with Gasteiger partial charge in [-0.3, -0.25) is 4.79 Å². The van der Waals surface area contributed by atoms with E-state index in [4.69, 9.17) is 4.74 Å². The Morgan fingerprint density at radius 1 is 1.19 bits per heavy atom. The number of methoxy groups -OCH3 is 1. The molecule has 1 N–H and O–H groups in total. The van der Waals surface area contributed by atoms with Crippen molar-refractivity contribution in [3.8, 4) is 17.1 Å². The van der Waals surface area contributed by atoms with Gasteiger partial charge in [0.15, 0.2) is 0 Å². The first kappa shape index (κ1) is 18.8. The average molecular weight is 369 g/mol. The predicted molar refractivity (Wildman–Crippen MR) is 101 cm³/mol. The van der Waals surface area contributed by atoms with Gasteiger partial charge in [0.25, 0.3) is 5.91 Å². The Hall–Kier alpha value is -2.93. The summed E-state index contributed by atoms with van der Waals surface area (Å²) in [5.41, 5.74) is 1.92. The summed E-state index contributed by atoms with van der Waals surface area (Å²) < 4.78 is 5.09. The number of aromatic carboxylic acids is 1. The lowest BCUT2D eigenvalue weighted by Crippen LogP contribution is -2.34. The Morgan fingerprint density at radius 3 is 2.44 bits per heavy atom. The molecule has 142 valence electrons. The normalized spacial score (nSPS) is 16.6. The van der Waals surface area contributed by atoms with E-state index in [-0.39, 0.29) is 17.4 Å². The zero-order valence-corrected chi connectivity index (χ0v) is 15.7. The zero-order valence-electron chi connectivity index (χ0n) is 15.7. The maximum Gasteiger partial charge on any atom is 0.335 e. The molecule has 0 aliphatic carbocycles. The van der Waals surface area contributed by atoms with E-state index in [2.05, 4.69) is 9.88 Å². The fraction of sp³-hybridized carbons (Fsp3) is 0.350. The van der Waals surface area contributed by atoms with Gasteiger partial charge in [-0.25, -0.2) is 9.78 Å². The minimum atomic E-state index is -1.05. The minimum Gasteiger partial charge on any atom is -0.481 e. The van der Waals surface area contributed by atoms with Gasteiger partial charge in [0.2, 0.25) is 5.88 Å². The van der Waals surface area contributed by atoms with E-state index >= 15 is 0 Å². The number of amides is 1. The van der Waals surface area contributed by atoms with Crippen LogP contribution in [0.1, 0.15) is 27.1 Å². The third-order valence-corrected chi connectivity index (χ3v) is 4.87. The van der Waals surface area contributed by atoms with Gasteiger partial charge in [0.05, 0.1) is 18.4 Å². The fourth-order valence-electron chi connectivity index (χ4n) is 3.20. The molecule has 1 aromatic carbocycles. The summed E-state index contributed by atoms with van der Waals surface area (Å²) in [6.45, 7) is 1.48. The lowest BCUT2D eigenvalue weighted by Gasteiger charge is -2.20. The number of likely N-dealkylation sites (tertiary alicyclic amines) is 1. The van der Waals surface area contributed by atoms with Crippen molar-refractivity contribution in [2.75, 3.05) is 34.3 Å². The summed E-state index contributed by atoms with van der Waals surface area (Å²) in [7, 11) is 5.50. The van der Waals surface area contributed by atoms with E-state index in [0.29, 0.717) is 17.3 Å². The number of carbonyl (C=O) groups is 2. The molecule has 1 aliphatic rings. The second-order valence-electron chi connectivity index (χ2n) is 6.82. The van der Waals surface area contributed by atoms with Crippen molar-refractivity contribution in [3.63, 3.8) is 0 Å². The smallest absolute Gasteiger partial charge is 0.335 e. The van der Waals surface area contributed by atoms with Crippen molar-refractivity contribution in [1.29, 1.82) is 0 Å². The summed E-state index contributed by atoms with van der Waals surface area (Å²) in [6, 6.07) is 10.3. The standard InChI is InChI=1S/C20H23N3O4/c1-22(2)16-8-9-23(12-16)19(24)14-6-4-13(5-7-14)17-10-15(20(25)26)11-18(21-17)27-3/h4-7,10-11,16H,8-9,12H2,1-3H3,(H,25,26). The Bertz CT molecular complexity index is 849. The van der Waals surface area contributed by atoms with E-state index < -0.39 is 5.97 Å². The summed E-state index contributed by atoms with van der Waals surface area (Å²) in [5.74, 6) is -0.805. The van der Waals surface area contributed by atoms with E-state index in [1.54, 1.807) is 24.3 Å². The molecule has 2 heterocycles. The number of carboxylic acids is 1. The number of benzene rings is 1. The molecule has 27 heavy (non-hydrogen) atoms. The van der Waals surface area contributed by atoms with E-state index in [1.807, 2.05) is 19.0 Å². The van der Waals surface area contributed by atoms with Gasteiger partial charge >= 0.3 is 5.97 Å². The topological polar surface area (TPSA) is 83.0 Å². The van der Waals surface area contributed by atoms with E-state index in [9.17, 15) is 14.7 Å². The minimum absolute atomic E-state index is 0.00993. The fourth-order valence-corrected chi connectivity index (χ4v) is 3.20. The predicted octanol–water partition coefficient (Wildman–Crippen LogP) is 2.23. The van der Waals surface area contributed by atoms with Crippen molar-refractivity contribution < 1.29 is 19.4 Å². The van der Waals surface area contributed by atoms with Crippen molar-refractivity contribution in [3.05, 3.63) is 47.5 Å². The number of hydrogen-bond acceptors (Lipinski definition) is 5. The lowest BCUT2D eigenvalue weighted by atomic mass is 10.1. The SMILES string of the molecule is COc1cc(C(=O)O)cc(-c2ccc(C(=O)N3CCC(N(C)C)C3)cc2)n1. The molecule has 1 amide bonds. The summed E-state index contributed by atoms with van der Waals surface area (Å²) in [4.78, 5) is 32.3. The molecule has 0 radical (unpaired) electrons. The van der Waals surface area contributed by atoms with E-state index in [0.717, 1.165) is 25.1 Å². The van der Waals surface area contributed by atoms with Crippen LogP contribution in [0, 0.1) is 0 Å². The molecule has 3 rings (SSSR count). The largest absolute Gasteiger partial charge is 0.481 e. The number of aromatic nitrogens is 1. The molecule has 1 atom stereocenters. The highest BCUT2D eigenvalue weighted by Crippen LogP contribution is 2.24. The first-order valence-corrected chi connectivity index (χ1v) is 8.74. The number of nitrogens with zero attached hydrogens (tertiary/aromatic N) is 3. The van der Waals surface area contributed by atoms with Crippen LogP contribution in [-0.4, -0.2) is 72.1 Å². The van der Waals surface area contributed by atoms with Crippen LogP contribution >= 0.6 is 0 Å². The van der Waals surface area contributed by atoms with Crippen LogP contribution < -0.4 is 4.74 Å². The highest BCUT2D eigenvalue weighted by Gasteiger charge is 2.28. The second kappa shape index (κ2) is 7.75. The third kappa shape index (κ3) is 4.09. The van der Waals surface area contributed by atoms with Gasteiger partial charge in [-0.2, -0.15) is 0 Å². The maximum absolute atomic E-state index is 12.7. The zero-order chi connectivity index (χ0) is 19.6. The number of likely N-dealkylation sites (N-methyl/N-ethyl adjacent to an activating group) is 1. The van der Waals surface area contributed by atoms with Gasteiger partial charge < -0.3 is 19.6 Å². The highest BCUT2D eigenvalue weighted by molar-refractivity contribution is 5.95. The van der Waals surface area contributed by atoms with Crippen LogP contribution in [0.2, 0.25) is 0 Å². The molecule has 1 aromatic heterocycles. The Labute approximate surface area is 158 Å². The monoisotopic (exact) mass is 369 g/mol. The molecule has 2 aromatic rings. The summed E-state index contributed by atoms with van der Waals surface area (Å²) in [6.07, 6.45) is 0.975. The number of rotatable bonds is 5. The van der Waals surface area contributed by atoms with Gasteiger partial charge in [0, 0.05) is 36.3 Å². The molecule has 1 unspecified atom stereocenters. The molecular weight excluding hydrogens is 346 g/mol. The molecule has 7 nitrogen and oxygen atoms in total. The molecule has 1 aliphatic heterocycles. The molecular formula is C20H23N3O4. The molecule has 1 saturated heterocycles. The van der Waals surface area contributed by atoms with Gasteiger partial charge in [0.1, 0.15) is 0 Å². The number of pyridine rings is 1. The van der Waals surface area contributed by atoms with Gasteiger partial charge in [-0.1, -0.05) is 12.1 Å². The van der Waals surface area contributed by atoms with Crippen LogP contribution in [0.15, 0.2) is 36.4 Å². The van der Waals surface area contributed by atoms with Crippen LogP contribution in [-0.2, 0) is 0 Å². The molecule has 0 bridgehead atoms. The van der Waals surface area contributed by atoms with Crippen molar-refractivity contribution >= 4 is 11.9 Å². The summed E-state index contributed by atoms with van der Waals surface area (Å²) in [5, 5.41) is 9.24. The maximum atomic E-state index is 12.7. The quantitative estimate of drug-likeness (QED) is 0.870. The number of carbonyl (C=O) groups excluding carboxylic acids is 1. The van der Waals surface area contributed by atoms with E-state index in [1.165, 1.54) is 19.2 Å². The van der Waals surface area contributed by atoms with Crippen molar-refractivity contribution in [2.24, 2.45) is 0 Å². The van der Waals surface area contributed by atoms with Crippen LogP contribution in [0.4, 0.5) is 0 Å². The Morgan fingerprint density at radius 2 is 1.89 bits per heavy atom. The molecule has 1 fully saturated rings. The van der Waals surface area contributed by atoms with Gasteiger partial charge in [-0.05, 0) is 38.7 Å². The molecule has 7 heteroatoms. The van der Waals surface area contributed by atoms with Crippen LogP contribution in [0.25, 0.3) is 11.3 Å². The van der Waals surface area contributed by atoms with Crippen molar-refractivity contribution in [2.45, 2.75) is 12.5 Å². The van der Waals surface area contributed by atoms with Crippen molar-refractivity contribution in [1.82, 2.24) is 14.8 Å². The average Bonchev–Trinajstić information content (AvgIpc) is 3.17. The molecule has 0 saturated carbocycles. The first-order valence-electron chi connectivity index (χ1n) is 8.74. The van der Waals surface area contributed by atoms with Gasteiger partial charge in [-0.15, -0.1) is 0 Å². The number of ether oxygens (including phenoxy) is 1. The second-order valence-corrected chi connectivity index (χ2v) is 6.82. The Balaban J connectivity index is 1.81. The first-order chi connectivity index (χ1) is 12.9. The summed E-state index contributed by atoms with van der Waals surface area (Å²) >= 11 is 0. The van der Waals surface area contributed by atoms with Crippen LogP contribution in [0.5, 0.6) is 5.88 Å². The third-order valence-electron chi connectivity index (χ3n) is 4.87. The lowest BCUT2D eigenvalue weighted by molar-refractivity contribution is 0.0695. The molecule has 0 spiro atoms. The number of carboxylic acid groups (broad SMARTS) is 1. The highest BCUT2D eigenvalue weighted by atomic mass is 16.5. The Kier molecular flexibility index (Phi) is 5.41.